The minimum atomic E-state index is -0.815. The highest BCUT2D eigenvalue weighted by Crippen LogP contribution is 2.26. The number of halogens is 1. The van der Waals surface area contributed by atoms with Crippen molar-refractivity contribution in [3.05, 3.63) is 59.9 Å². The van der Waals surface area contributed by atoms with Crippen molar-refractivity contribution >= 4 is 29.6 Å². The summed E-state index contributed by atoms with van der Waals surface area (Å²) in [5.41, 5.74) is 1.03. The third-order valence-corrected chi connectivity index (χ3v) is 3.33. The minimum absolute atomic E-state index is 0.0158. The molecule has 0 aliphatic heterocycles. The second-order valence-corrected chi connectivity index (χ2v) is 5.15. The van der Waals surface area contributed by atoms with Gasteiger partial charge in [-0.1, -0.05) is 35.5 Å². The molecule has 0 heterocycles. The fourth-order valence-corrected chi connectivity index (χ4v) is 2.16. The average Bonchev–Trinajstić information content (AvgIpc) is 2.62. The van der Waals surface area contributed by atoms with Crippen molar-refractivity contribution in [1.82, 2.24) is 0 Å². The molecule has 0 aliphatic carbocycles. The highest BCUT2D eigenvalue weighted by molar-refractivity contribution is 6.31. The van der Waals surface area contributed by atoms with Crippen molar-refractivity contribution < 1.29 is 23.6 Å². The molecular weight excluding hydrogens is 341 g/mol. The molecule has 1 atom stereocenters. The Morgan fingerprint density at radius 3 is 2.42 bits per heavy atom. The van der Waals surface area contributed by atoms with E-state index in [2.05, 4.69) is 20.6 Å². The Morgan fingerprint density at radius 2 is 1.73 bits per heavy atom. The summed E-state index contributed by atoms with van der Waals surface area (Å²) >= 11 is 0. The Hall–Kier alpha value is -3.42. The molecule has 0 radical (unpaired) electrons. The van der Waals surface area contributed by atoms with Gasteiger partial charge in [0, 0.05) is 11.3 Å². The molecule has 2 aromatic rings. The molecule has 0 spiro atoms. The van der Waals surface area contributed by atoms with Gasteiger partial charge in [0.1, 0.15) is 25.2 Å². The van der Waals surface area contributed by atoms with E-state index in [1.165, 1.54) is 25.3 Å². The van der Waals surface area contributed by atoms with Crippen LogP contribution in [0.2, 0.25) is 0 Å². The van der Waals surface area contributed by atoms with Crippen molar-refractivity contribution in [2.75, 3.05) is 17.7 Å². The molecule has 2 aromatic carbocycles. The number of anilines is 2. The SMILES string of the molecule is CON=CC(=O)Nc1ccccc1C(C)OC(=O)Nc1ccccc1F. The molecule has 2 rings (SSSR count). The van der Waals surface area contributed by atoms with Crippen LogP contribution in [-0.2, 0) is 14.4 Å². The van der Waals surface area contributed by atoms with Gasteiger partial charge in [-0.2, -0.15) is 0 Å². The molecule has 0 aliphatic rings. The quantitative estimate of drug-likeness (QED) is 0.608. The molecule has 1 unspecified atom stereocenters. The first kappa shape index (κ1) is 18.9. The zero-order valence-electron chi connectivity index (χ0n) is 14.2. The topological polar surface area (TPSA) is 89.0 Å². The normalized spacial score (nSPS) is 11.7. The molecule has 0 bridgehead atoms. The minimum Gasteiger partial charge on any atom is -0.441 e. The first-order chi connectivity index (χ1) is 12.5. The van der Waals surface area contributed by atoms with Gasteiger partial charge in [0.25, 0.3) is 5.91 Å². The van der Waals surface area contributed by atoms with Crippen molar-refractivity contribution in [3.8, 4) is 0 Å². The highest BCUT2D eigenvalue weighted by Gasteiger charge is 2.17. The fourth-order valence-electron chi connectivity index (χ4n) is 2.16. The van der Waals surface area contributed by atoms with E-state index in [0.29, 0.717) is 11.3 Å². The molecule has 0 aromatic heterocycles. The predicted octanol–water partition coefficient (Wildman–Crippen LogP) is 3.71. The maximum absolute atomic E-state index is 13.6. The smallest absolute Gasteiger partial charge is 0.412 e. The maximum atomic E-state index is 13.6. The van der Waals surface area contributed by atoms with Gasteiger partial charge in [-0.3, -0.25) is 10.1 Å². The summed E-state index contributed by atoms with van der Waals surface area (Å²) in [5, 5.41) is 8.33. The van der Waals surface area contributed by atoms with E-state index in [0.717, 1.165) is 6.21 Å². The van der Waals surface area contributed by atoms with Gasteiger partial charge in [0.15, 0.2) is 0 Å². The summed E-state index contributed by atoms with van der Waals surface area (Å²) in [6.07, 6.45) is -0.532. The summed E-state index contributed by atoms with van der Waals surface area (Å²) in [5.74, 6) is -1.07. The number of ether oxygens (including phenoxy) is 1. The number of nitrogens with one attached hydrogen (secondary N) is 2. The number of carbonyl (C=O) groups is 2. The predicted molar refractivity (Wildman–Crippen MR) is 95.5 cm³/mol. The van der Waals surface area contributed by atoms with E-state index in [1.807, 2.05) is 0 Å². The average molecular weight is 359 g/mol. The number of carbonyl (C=O) groups excluding carboxylic acids is 2. The standard InChI is InChI=1S/C18H18FN3O4/c1-12(26-18(24)22-16-10-6-4-8-14(16)19)13-7-3-5-9-15(13)21-17(23)11-20-25-2/h3-12H,1-2H3,(H,21,23)(H,22,24). The van der Waals surface area contributed by atoms with E-state index in [9.17, 15) is 14.0 Å². The summed E-state index contributed by atoms with van der Waals surface area (Å²) in [6.45, 7) is 1.63. The second kappa shape index (κ2) is 9.16. The van der Waals surface area contributed by atoms with Gasteiger partial charge in [-0.25, -0.2) is 9.18 Å². The fraction of sp³-hybridized carbons (Fsp3) is 0.167. The molecule has 0 fully saturated rings. The summed E-state index contributed by atoms with van der Waals surface area (Å²) in [6, 6.07) is 12.6. The lowest BCUT2D eigenvalue weighted by Gasteiger charge is -2.17. The summed E-state index contributed by atoms with van der Waals surface area (Å²) in [7, 11) is 1.32. The maximum Gasteiger partial charge on any atom is 0.412 e. The highest BCUT2D eigenvalue weighted by atomic mass is 19.1. The Morgan fingerprint density at radius 1 is 1.08 bits per heavy atom. The van der Waals surface area contributed by atoms with Crippen molar-refractivity contribution in [1.29, 1.82) is 0 Å². The van der Waals surface area contributed by atoms with Gasteiger partial charge >= 0.3 is 6.09 Å². The molecule has 0 saturated carbocycles. The Labute approximate surface area is 149 Å². The Kier molecular flexibility index (Phi) is 6.67. The lowest BCUT2D eigenvalue weighted by atomic mass is 10.1. The Balaban J connectivity index is 2.06. The molecule has 2 amide bonds. The largest absolute Gasteiger partial charge is 0.441 e. The van der Waals surface area contributed by atoms with Crippen LogP contribution in [0.4, 0.5) is 20.6 Å². The van der Waals surface area contributed by atoms with Crippen LogP contribution in [0.1, 0.15) is 18.6 Å². The number of nitrogens with zero attached hydrogens (tertiary/aromatic N) is 1. The molecule has 2 N–H and O–H groups in total. The van der Waals surface area contributed by atoms with Crippen LogP contribution in [0, 0.1) is 5.82 Å². The molecule has 136 valence electrons. The zero-order chi connectivity index (χ0) is 18.9. The first-order valence-corrected chi connectivity index (χ1v) is 7.70. The number of hydrogen-bond donors (Lipinski definition) is 2. The van der Waals surface area contributed by atoms with Gasteiger partial charge in [0.05, 0.1) is 5.69 Å². The van der Waals surface area contributed by atoms with Gasteiger partial charge < -0.3 is 14.9 Å². The molecule has 7 nitrogen and oxygen atoms in total. The van der Waals surface area contributed by atoms with Crippen LogP contribution in [0.25, 0.3) is 0 Å². The number of oxime groups is 1. The number of rotatable bonds is 6. The lowest BCUT2D eigenvalue weighted by molar-refractivity contribution is -0.110. The lowest BCUT2D eigenvalue weighted by Crippen LogP contribution is -2.19. The monoisotopic (exact) mass is 359 g/mol. The van der Waals surface area contributed by atoms with Crippen LogP contribution in [-0.4, -0.2) is 25.3 Å². The van der Waals surface area contributed by atoms with Gasteiger partial charge in [-0.15, -0.1) is 0 Å². The van der Waals surface area contributed by atoms with Crippen LogP contribution >= 0.6 is 0 Å². The number of amides is 2. The van der Waals surface area contributed by atoms with Crippen molar-refractivity contribution in [2.24, 2.45) is 5.16 Å². The summed E-state index contributed by atoms with van der Waals surface area (Å²) < 4.78 is 18.9. The van der Waals surface area contributed by atoms with Crippen LogP contribution in [0.15, 0.2) is 53.7 Å². The van der Waals surface area contributed by atoms with Gasteiger partial charge in [-0.05, 0) is 25.1 Å². The summed E-state index contributed by atoms with van der Waals surface area (Å²) in [4.78, 5) is 28.2. The van der Waals surface area contributed by atoms with Crippen LogP contribution < -0.4 is 10.6 Å². The zero-order valence-corrected chi connectivity index (χ0v) is 14.2. The third kappa shape index (κ3) is 5.30. The van der Waals surface area contributed by atoms with Crippen molar-refractivity contribution in [2.45, 2.75) is 13.0 Å². The van der Waals surface area contributed by atoms with E-state index in [-0.39, 0.29) is 5.69 Å². The van der Waals surface area contributed by atoms with E-state index >= 15 is 0 Å². The number of hydrogen-bond acceptors (Lipinski definition) is 5. The second-order valence-electron chi connectivity index (χ2n) is 5.15. The van der Waals surface area contributed by atoms with E-state index in [1.54, 1.807) is 37.3 Å². The molecule has 8 heteroatoms. The third-order valence-electron chi connectivity index (χ3n) is 3.33. The number of para-hydroxylation sites is 2. The number of benzene rings is 2. The van der Waals surface area contributed by atoms with E-state index < -0.39 is 23.9 Å². The van der Waals surface area contributed by atoms with E-state index in [4.69, 9.17) is 4.74 Å². The van der Waals surface area contributed by atoms with Gasteiger partial charge in [0.2, 0.25) is 0 Å². The van der Waals surface area contributed by atoms with Crippen molar-refractivity contribution in [3.63, 3.8) is 0 Å². The molecule has 26 heavy (non-hydrogen) atoms. The first-order valence-electron chi connectivity index (χ1n) is 7.70. The molecular formula is C18H18FN3O4. The Bertz CT molecular complexity index is 811. The van der Waals surface area contributed by atoms with Crippen LogP contribution in [0.5, 0.6) is 0 Å². The molecule has 0 saturated heterocycles. The van der Waals surface area contributed by atoms with Crippen LogP contribution in [0.3, 0.4) is 0 Å².